The highest BCUT2D eigenvalue weighted by Gasteiger charge is 2.16. The first-order chi connectivity index (χ1) is 10.5. The molecule has 0 aliphatic rings. The van der Waals surface area contributed by atoms with Gasteiger partial charge in [-0.2, -0.15) is 5.10 Å². The van der Waals surface area contributed by atoms with Gasteiger partial charge in [0.05, 0.1) is 11.9 Å². The van der Waals surface area contributed by atoms with E-state index in [1.54, 1.807) is 0 Å². The molecule has 0 bridgehead atoms. The van der Waals surface area contributed by atoms with Gasteiger partial charge in [-0.15, -0.1) is 0 Å². The van der Waals surface area contributed by atoms with Gasteiger partial charge in [-0.3, -0.25) is 0 Å². The van der Waals surface area contributed by atoms with Crippen LogP contribution >= 0.6 is 11.6 Å². The lowest BCUT2D eigenvalue weighted by molar-refractivity contribution is 0.236. The van der Waals surface area contributed by atoms with Crippen LogP contribution in [0.2, 0.25) is 5.02 Å². The second-order valence-corrected chi connectivity index (χ2v) is 6.80. The van der Waals surface area contributed by atoms with Gasteiger partial charge >= 0.3 is 0 Å². The maximum atomic E-state index is 8.92. The Morgan fingerprint density at radius 2 is 2.00 bits per heavy atom. The highest BCUT2D eigenvalue weighted by Crippen LogP contribution is 2.21. The smallest absolute Gasteiger partial charge is 0.0646 e. The summed E-state index contributed by atoms with van der Waals surface area (Å²) in [6, 6.07) is 7.62. The molecule has 2 N–H and O–H groups in total. The monoisotopic (exact) mass is 321 g/mol. The molecule has 0 aliphatic carbocycles. The summed E-state index contributed by atoms with van der Waals surface area (Å²) < 4.78 is 1.85. The highest BCUT2D eigenvalue weighted by molar-refractivity contribution is 6.30. The van der Waals surface area contributed by atoms with Crippen molar-refractivity contribution in [2.75, 3.05) is 13.2 Å². The van der Waals surface area contributed by atoms with E-state index < -0.39 is 0 Å². The number of nitrogens with one attached hydrogen (secondary N) is 1. The molecule has 0 spiro atoms. The minimum Gasteiger partial charge on any atom is -0.396 e. The number of rotatable bonds is 8. The molecule has 0 amide bonds. The Morgan fingerprint density at radius 3 is 2.68 bits per heavy atom. The molecule has 0 atom stereocenters. The number of nitrogens with zero attached hydrogens (tertiary/aromatic N) is 2. The summed E-state index contributed by atoms with van der Waals surface area (Å²) in [6.07, 6.45) is 5.77. The summed E-state index contributed by atoms with van der Waals surface area (Å²) in [5.41, 5.74) is 2.33. The van der Waals surface area contributed by atoms with Crippen molar-refractivity contribution in [2.24, 2.45) is 5.41 Å². The van der Waals surface area contributed by atoms with Crippen LogP contribution in [0.5, 0.6) is 0 Å². The fourth-order valence-electron chi connectivity index (χ4n) is 2.38. The SMILES string of the molecule is CC(C)(CCCO)CNCc1cnn(-c2ccc(Cl)cc2)c1. The average Bonchev–Trinajstić information content (AvgIpc) is 2.94. The molecule has 0 radical (unpaired) electrons. The Labute approximate surface area is 137 Å². The zero-order valence-electron chi connectivity index (χ0n) is 13.2. The van der Waals surface area contributed by atoms with Crippen LogP contribution in [0.15, 0.2) is 36.7 Å². The van der Waals surface area contributed by atoms with Crippen molar-refractivity contribution in [3.05, 3.63) is 47.2 Å². The Hall–Kier alpha value is -1.36. The van der Waals surface area contributed by atoms with Crippen LogP contribution in [0.3, 0.4) is 0 Å². The van der Waals surface area contributed by atoms with Crippen LogP contribution in [0.25, 0.3) is 5.69 Å². The first-order valence-corrected chi connectivity index (χ1v) is 7.99. The van der Waals surface area contributed by atoms with E-state index in [-0.39, 0.29) is 12.0 Å². The second kappa shape index (κ2) is 7.77. The zero-order valence-corrected chi connectivity index (χ0v) is 14.0. The molecule has 4 nitrogen and oxygen atoms in total. The maximum absolute atomic E-state index is 8.92. The number of aliphatic hydroxyl groups is 1. The number of benzene rings is 1. The molecular formula is C17H24ClN3O. The lowest BCUT2D eigenvalue weighted by Crippen LogP contribution is -2.29. The predicted molar refractivity (Wildman–Crippen MR) is 90.4 cm³/mol. The number of aromatic nitrogens is 2. The van der Waals surface area contributed by atoms with Crippen molar-refractivity contribution in [3.8, 4) is 5.69 Å². The van der Waals surface area contributed by atoms with Gasteiger partial charge in [0, 0.05) is 36.5 Å². The van der Waals surface area contributed by atoms with E-state index in [0.29, 0.717) is 0 Å². The predicted octanol–water partition coefficient (Wildman–Crippen LogP) is 3.41. The first kappa shape index (κ1) is 17.0. The van der Waals surface area contributed by atoms with Crippen LogP contribution in [0.1, 0.15) is 32.3 Å². The molecule has 5 heteroatoms. The van der Waals surface area contributed by atoms with Crippen molar-refractivity contribution in [1.29, 1.82) is 0 Å². The lowest BCUT2D eigenvalue weighted by Gasteiger charge is -2.24. The van der Waals surface area contributed by atoms with Crippen molar-refractivity contribution < 1.29 is 5.11 Å². The van der Waals surface area contributed by atoms with Gasteiger partial charge < -0.3 is 10.4 Å². The minimum absolute atomic E-state index is 0.189. The molecule has 2 aromatic rings. The quantitative estimate of drug-likeness (QED) is 0.783. The molecule has 0 fully saturated rings. The fraction of sp³-hybridized carbons (Fsp3) is 0.471. The molecule has 0 aliphatic heterocycles. The molecule has 1 heterocycles. The van der Waals surface area contributed by atoms with Gasteiger partial charge in [-0.25, -0.2) is 4.68 Å². The van der Waals surface area contributed by atoms with Gasteiger partial charge in [0.15, 0.2) is 0 Å². The topological polar surface area (TPSA) is 50.1 Å². The third kappa shape index (κ3) is 5.13. The highest BCUT2D eigenvalue weighted by atomic mass is 35.5. The van der Waals surface area contributed by atoms with Gasteiger partial charge in [0.1, 0.15) is 0 Å². The van der Waals surface area contributed by atoms with E-state index in [0.717, 1.165) is 42.2 Å². The average molecular weight is 322 g/mol. The Morgan fingerprint density at radius 1 is 1.27 bits per heavy atom. The standard InChI is InChI=1S/C17H24ClN3O/c1-17(2,8-3-9-22)13-19-10-14-11-20-21(12-14)16-6-4-15(18)5-7-16/h4-7,11-12,19,22H,3,8-10,13H2,1-2H3. The molecule has 1 aromatic carbocycles. The summed E-state index contributed by atoms with van der Waals surface area (Å²) in [7, 11) is 0. The first-order valence-electron chi connectivity index (χ1n) is 7.61. The van der Waals surface area contributed by atoms with Gasteiger partial charge in [0.2, 0.25) is 0 Å². The van der Waals surface area contributed by atoms with Crippen molar-refractivity contribution >= 4 is 11.6 Å². The lowest BCUT2D eigenvalue weighted by atomic mass is 9.88. The van der Waals surface area contributed by atoms with E-state index in [1.807, 2.05) is 41.3 Å². The van der Waals surface area contributed by atoms with E-state index in [2.05, 4.69) is 24.3 Å². The molecule has 0 saturated heterocycles. The molecule has 120 valence electrons. The van der Waals surface area contributed by atoms with E-state index >= 15 is 0 Å². The molecule has 2 rings (SSSR count). The molecule has 1 aromatic heterocycles. The van der Waals surface area contributed by atoms with E-state index in [4.69, 9.17) is 16.7 Å². The number of halogens is 1. The Bertz CT molecular complexity index is 578. The summed E-state index contributed by atoms with van der Waals surface area (Å²) >= 11 is 5.90. The van der Waals surface area contributed by atoms with Crippen LogP contribution in [-0.4, -0.2) is 28.0 Å². The normalized spacial score (nSPS) is 11.8. The minimum atomic E-state index is 0.189. The van der Waals surface area contributed by atoms with Crippen LogP contribution in [0.4, 0.5) is 0 Å². The van der Waals surface area contributed by atoms with Crippen LogP contribution < -0.4 is 5.32 Å². The molecule has 22 heavy (non-hydrogen) atoms. The summed E-state index contributed by atoms with van der Waals surface area (Å²) in [4.78, 5) is 0. The maximum Gasteiger partial charge on any atom is 0.0646 e. The molecule has 0 saturated carbocycles. The molecular weight excluding hydrogens is 298 g/mol. The van der Waals surface area contributed by atoms with Gasteiger partial charge in [-0.05, 0) is 42.5 Å². The van der Waals surface area contributed by atoms with Crippen LogP contribution in [0, 0.1) is 5.41 Å². The molecule has 0 unspecified atom stereocenters. The van der Waals surface area contributed by atoms with Crippen molar-refractivity contribution in [3.63, 3.8) is 0 Å². The summed E-state index contributed by atoms with van der Waals surface area (Å²) in [6.45, 7) is 6.39. The zero-order chi connectivity index (χ0) is 16.0. The Kier molecular flexibility index (Phi) is 6.00. The number of aliphatic hydroxyl groups excluding tert-OH is 1. The second-order valence-electron chi connectivity index (χ2n) is 6.36. The number of hydrogen-bond acceptors (Lipinski definition) is 3. The summed E-state index contributed by atoms with van der Waals surface area (Å²) in [5.74, 6) is 0. The van der Waals surface area contributed by atoms with E-state index in [9.17, 15) is 0 Å². The third-order valence-electron chi connectivity index (χ3n) is 3.67. The fourth-order valence-corrected chi connectivity index (χ4v) is 2.50. The van der Waals surface area contributed by atoms with Crippen molar-refractivity contribution in [2.45, 2.75) is 33.2 Å². The van der Waals surface area contributed by atoms with E-state index in [1.165, 1.54) is 0 Å². The van der Waals surface area contributed by atoms with Crippen molar-refractivity contribution in [1.82, 2.24) is 15.1 Å². The number of hydrogen-bond donors (Lipinski definition) is 2. The third-order valence-corrected chi connectivity index (χ3v) is 3.92. The van der Waals surface area contributed by atoms with Crippen LogP contribution in [-0.2, 0) is 6.54 Å². The van der Waals surface area contributed by atoms with Gasteiger partial charge in [0.25, 0.3) is 0 Å². The van der Waals surface area contributed by atoms with Gasteiger partial charge in [-0.1, -0.05) is 25.4 Å². The largest absolute Gasteiger partial charge is 0.396 e. The Balaban J connectivity index is 1.86. The summed E-state index contributed by atoms with van der Waals surface area (Å²) in [5, 5.41) is 17.5.